The number of aromatic nitrogens is 1. The fraction of sp³-hybridized carbons (Fsp3) is 0.370. The van der Waals surface area contributed by atoms with Crippen LogP contribution >= 0.6 is 10.2 Å². The Balaban J connectivity index is 1.79. The quantitative estimate of drug-likeness (QED) is 0.439. The molecule has 1 fully saturated rings. The molecule has 0 radical (unpaired) electrons. The highest BCUT2D eigenvalue weighted by Crippen LogP contribution is 2.60. The van der Waals surface area contributed by atoms with E-state index in [1.54, 1.807) is 0 Å². The molecule has 1 aromatic heterocycles. The van der Waals surface area contributed by atoms with Crippen LogP contribution in [0.15, 0.2) is 71.8 Å². The zero-order valence-electron chi connectivity index (χ0n) is 18.7. The molecule has 4 rings (SSSR count). The highest BCUT2D eigenvalue weighted by Gasteiger charge is 2.33. The van der Waals surface area contributed by atoms with Crippen LogP contribution < -0.4 is 4.72 Å². The topological polar surface area (TPSA) is 24.9 Å². The van der Waals surface area contributed by atoms with Crippen LogP contribution in [0.1, 0.15) is 63.5 Å². The third kappa shape index (κ3) is 4.13. The van der Waals surface area contributed by atoms with Gasteiger partial charge in [-0.2, -0.15) is 0 Å². The van der Waals surface area contributed by atoms with E-state index in [0.29, 0.717) is 11.8 Å². The summed E-state index contributed by atoms with van der Waals surface area (Å²) in [5.41, 5.74) is 6.50. The molecule has 1 N–H and O–H groups in total. The van der Waals surface area contributed by atoms with E-state index in [1.807, 2.05) is 0 Å². The number of hydrogen-bond donors (Lipinski definition) is 1. The van der Waals surface area contributed by atoms with Crippen LogP contribution in [0.2, 0.25) is 0 Å². The summed E-state index contributed by atoms with van der Waals surface area (Å²) in [4.78, 5) is 5.22. The molecule has 0 aliphatic carbocycles. The van der Waals surface area contributed by atoms with E-state index in [4.69, 9.17) is 4.98 Å². The van der Waals surface area contributed by atoms with Gasteiger partial charge < -0.3 is 4.72 Å². The number of pyridine rings is 1. The van der Waals surface area contributed by atoms with E-state index >= 15 is 0 Å². The zero-order valence-corrected chi connectivity index (χ0v) is 19.5. The van der Waals surface area contributed by atoms with E-state index < -0.39 is 10.2 Å². The average molecular weight is 419 g/mol. The standard InChI is InChI=1S/C27H34N2S/c1-20(2)23-14-10-15-24(21(3)4)27(23)29-30(18-8-9-19-30)26-17-11-16-25(28-26)22-12-6-5-7-13-22/h5-7,10-17,20-21,29H,8-9,18-19H2,1-4H3. The Labute approximate surface area is 183 Å². The van der Waals surface area contributed by atoms with E-state index in [9.17, 15) is 0 Å². The number of anilines is 1. The SMILES string of the molecule is CC(C)c1cccc(C(C)C)c1NS1(c2cccc(-c3ccccc3)n2)CCCC1. The van der Waals surface area contributed by atoms with Crippen molar-refractivity contribution in [3.05, 3.63) is 77.9 Å². The van der Waals surface area contributed by atoms with Crippen LogP contribution in [0.3, 0.4) is 0 Å². The highest BCUT2D eigenvalue weighted by atomic mass is 32.3. The van der Waals surface area contributed by atoms with Crippen LogP contribution in [0, 0.1) is 0 Å². The van der Waals surface area contributed by atoms with Gasteiger partial charge in [0.2, 0.25) is 0 Å². The van der Waals surface area contributed by atoms with E-state index in [2.05, 4.69) is 99.1 Å². The first kappa shape index (κ1) is 21.0. The Kier molecular flexibility index (Phi) is 6.19. The number of nitrogens with one attached hydrogen (secondary N) is 1. The Hall–Kier alpha value is -2.26. The fourth-order valence-electron chi connectivity index (χ4n) is 4.43. The molecule has 1 saturated heterocycles. The minimum atomic E-state index is -1.20. The van der Waals surface area contributed by atoms with Gasteiger partial charge in [0.1, 0.15) is 0 Å². The van der Waals surface area contributed by atoms with Crippen molar-refractivity contribution in [1.82, 2.24) is 4.98 Å². The molecule has 0 saturated carbocycles. The van der Waals surface area contributed by atoms with Crippen molar-refractivity contribution in [2.75, 3.05) is 16.2 Å². The van der Waals surface area contributed by atoms with Gasteiger partial charge in [0.05, 0.1) is 10.7 Å². The third-order valence-corrected chi connectivity index (χ3v) is 9.69. The summed E-state index contributed by atoms with van der Waals surface area (Å²) < 4.78 is 4.17. The molecule has 0 bridgehead atoms. The molecule has 0 atom stereocenters. The van der Waals surface area contributed by atoms with Crippen LogP contribution in [-0.2, 0) is 0 Å². The predicted molar refractivity (Wildman–Crippen MR) is 133 cm³/mol. The lowest BCUT2D eigenvalue weighted by atomic mass is 9.93. The maximum Gasteiger partial charge on any atom is 0.0962 e. The fourth-order valence-corrected chi connectivity index (χ4v) is 7.99. The van der Waals surface area contributed by atoms with Crippen molar-refractivity contribution in [1.29, 1.82) is 0 Å². The Morgan fingerprint density at radius 1 is 0.733 bits per heavy atom. The van der Waals surface area contributed by atoms with Crippen molar-refractivity contribution >= 4 is 15.9 Å². The summed E-state index contributed by atoms with van der Waals surface area (Å²) in [6, 6.07) is 24.0. The summed E-state index contributed by atoms with van der Waals surface area (Å²) in [6.07, 6.45) is 2.56. The molecule has 30 heavy (non-hydrogen) atoms. The number of para-hydroxylation sites is 1. The molecule has 0 amide bonds. The van der Waals surface area contributed by atoms with Gasteiger partial charge in [-0.05, 0) is 59.4 Å². The summed E-state index contributed by atoms with van der Waals surface area (Å²) in [7, 11) is -1.20. The van der Waals surface area contributed by atoms with Gasteiger partial charge in [-0.3, -0.25) is 0 Å². The van der Waals surface area contributed by atoms with Crippen molar-refractivity contribution in [2.45, 2.75) is 57.4 Å². The minimum absolute atomic E-state index is 0.493. The lowest BCUT2D eigenvalue weighted by Crippen LogP contribution is -2.18. The average Bonchev–Trinajstić information content (AvgIpc) is 3.24. The number of nitrogens with zero attached hydrogens (tertiary/aromatic N) is 1. The minimum Gasteiger partial charge on any atom is -0.342 e. The second-order valence-electron chi connectivity index (χ2n) is 8.95. The second kappa shape index (κ2) is 8.85. The number of rotatable bonds is 6. The van der Waals surface area contributed by atoms with Crippen molar-refractivity contribution in [2.24, 2.45) is 0 Å². The summed E-state index contributed by atoms with van der Waals surface area (Å²) in [6.45, 7) is 9.20. The van der Waals surface area contributed by atoms with Crippen LogP contribution in [0.4, 0.5) is 5.69 Å². The molecule has 1 aliphatic rings. The van der Waals surface area contributed by atoms with Crippen molar-refractivity contribution in [3.8, 4) is 11.3 Å². The van der Waals surface area contributed by atoms with Gasteiger partial charge in [-0.25, -0.2) is 4.98 Å². The summed E-state index contributed by atoms with van der Waals surface area (Å²) in [5.74, 6) is 3.41. The number of hydrogen-bond acceptors (Lipinski definition) is 2. The van der Waals surface area contributed by atoms with Crippen LogP contribution in [0.5, 0.6) is 0 Å². The first-order chi connectivity index (χ1) is 14.5. The van der Waals surface area contributed by atoms with Crippen LogP contribution in [-0.4, -0.2) is 16.5 Å². The van der Waals surface area contributed by atoms with Gasteiger partial charge in [-0.1, -0.05) is 82.3 Å². The molecule has 2 aromatic carbocycles. The van der Waals surface area contributed by atoms with Gasteiger partial charge in [0.15, 0.2) is 0 Å². The molecule has 0 spiro atoms. The summed E-state index contributed by atoms with van der Waals surface area (Å²) in [5, 5.41) is 1.26. The van der Waals surface area contributed by atoms with Gasteiger partial charge in [-0.15, -0.1) is 10.2 Å². The second-order valence-corrected chi connectivity index (χ2v) is 12.2. The smallest absolute Gasteiger partial charge is 0.0962 e. The maximum absolute atomic E-state index is 5.22. The number of benzene rings is 2. The first-order valence-corrected chi connectivity index (χ1v) is 13.2. The molecule has 3 heteroatoms. The monoisotopic (exact) mass is 418 g/mol. The molecular weight excluding hydrogens is 384 g/mol. The molecular formula is C27H34N2S. The summed E-state index contributed by atoms with van der Waals surface area (Å²) >= 11 is 0. The molecule has 1 aliphatic heterocycles. The molecule has 0 unspecified atom stereocenters. The van der Waals surface area contributed by atoms with Crippen LogP contribution in [0.25, 0.3) is 11.3 Å². The molecule has 158 valence electrons. The molecule has 2 heterocycles. The lowest BCUT2D eigenvalue weighted by molar-refractivity contribution is 0.839. The van der Waals surface area contributed by atoms with Gasteiger partial charge >= 0.3 is 0 Å². The third-order valence-electron chi connectivity index (χ3n) is 6.10. The lowest BCUT2D eigenvalue weighted by Gasteiger charge is -2.39. The van der Waals surface area contributed by atoms with Crippen molar-refractivity contribution in [3.63, 3.8) is 0 Å². The maximum atomic E-state index is 5.22. The highest BCUT2D eigenvalue weighted by molar-refractivity contribution is 8.34. The molecule has 2 nitrogen and oxygen atoms in total. The van der Waals surface area contributed by atoms with E-state index in [-0.39, 0.29) is 0 Å². The van der Waals surface area contributed by atoms with E-state index in [0.717, 1.165) is 5.69 Å². The van der Waals surface area contributed by atoms with Gasteiger partial charge in [0, 0.05) is 11.3 Å². The normalized spacial score (nSPS) is 16.7. The van der Waals surface area contributed by atoms with Crippen molar-refractivity contribution < 1.29 is 0 Å². The molecule has 3 aromatic rings. The Bertz CT molecular complexity index is 963. The van der Waals surface area contributed by atoms with Gasteiger partial charge in [0.25, 0.3) is 0 Å². The first-order valence-electron chi connectivity index (χ1n) is 11.2. The zero-order chi connectivity index (χ0) is 21.1. The Morgan fingerprint density at radius 2 is 1.33 bits per heavy atom. The largest absolute Gasteiger partial charge is 0.342 e. The Morgan fingerprint density at radius 3 is 1.93 bits per heavy atom. The van der Waals surface area contributed by atoms with E-state index in [1.165, 1.54) is 51.8 Å². The predicted octanol–water partition coefficient (Wildman–Crippen LogP) is 7.98.